The third-order valence-corrected chi connectivity index (χ3v) is 7.57. The smallest absolute Gasteiger partial charge is 0.323 e. The predicted octanol–water partition coefficient (Wildman–Crippen LogP) is 5.87. The maximum atomic E-state index is 14.4. The van der Waals surface area contributed by atoms with Gasteiger partial charge in [0.05, 0.1) is 19.1 Å². The van der Waals surface area contributed by atoms with Crippen molar-refractivity contribution in [2.24, 2.45) is 11.7 Å². The van der Waals surface area contributed by atoms with E-state index in [2.05, 4.69) is 5.32 Å². The minimum absolute atomic E-state index is 0.240. The normalized spacial score (nSPS) is 19.9. The lowest BCUT2D eigenvalue weighted by atomic mass is 9.76. The summed E-state index contributed by atoms with van der Waals surface area (Å²) in [6.45, 7) is 1.94. The molecule has 0 saturated carbocycles. The molecule has 5 rings (SSSR count). The van der Waals surface area contributed by atoms with Gasteiger partial charge in [-0.15, -0.1) is 0 Å². The van der Waals surface area contributed by atoms with Crippen molar-refractivity contribution in [3.05, 3.63) is 131 Å². The minimum atomic E-state index is -1.16. The Hall–Kier alpha value is -4.98. The Kier molecular flexibility index (Phi) is 7.83. The number of nitrogens with one attached hydrogen (secondary N) is 1. The molecule has 7 nitrogen and oxygen atoms in total. The van der Waals surface area contributed by atoms with Crippen molar-refractivity contribution in [2.45, 2.75) is 24.9 Å². The molecule has 1 saturated heterocycles. The monoisotopic (exact) mass is 551 g/mol. The number of ether oxygens (including phenoxy) is 1. The van der Waals surface area contributed by atoms with E-state index in [1.165, 1.54) is 29.2 Å². The molecular formula is C33H30FN3O4. The molecule has 0 spiro atoms. The fraction of sp³-hybridized carbons (Fsp3) is 0.182. The number of halogens is 1. The molecule has 0 bridgehead atoms. The maximum Gasteiger partial charge on any atom is 0.323 e. The third-order valence-electron chi connectivity index (χ3n) is 7.57. The SMILES string of the molecule is COc1ccc(C(=O)C2C(c3ccccc3)C(C(N)=O)N(C(=O)Nc3ccc(F)cc3)C2c2ccc(C)cc2)cc1. The average molecular weight is 552 g/mol. The fourth-order valence-electron chi connectivity index (χ4n) is 5.65. The van der Waals surface area contributed by atoms with Crippen LogP contribution < -0.4 is 15.8 Å². The van der Waals surface area contributed by atoms with E-state index >= 15 is 0 Å². The van der Waals surface area contributed by atoms with Crippen LogP contribution in [0.25, 0.3) is 0 Å². The van der Waals surface area contributed by atoms with Crippen LogP contribution >= 0.6 is 0 Å². The van der Waals surface area contributed by atoms with Crippen molar-refractivity contribution >= 4 is 23.4 Å². The highest BCUT2D eigenvalue weighted by Crippen LogP contribution is 2.51. The first-order chi connectivity index (χ1) is 19.8. The molecule has 3 N–H and O–H groups in total. The third kappa shape index (κ3) is 5.54. The fourth-order valence-corrected chi connectivity index (χ4v) is 5.65. The molecule has 8 heteroatoms. The van der Waals surface area contributed by atoms with Gasteiger partial charge in [-0.25, -0.2) is 9.18 Å². The van der Waals surface area contributed by atoms with E-state index in [1.807, 2.05) is 61.5 Å². The van der Waals surface area contributed by atoms with Crippen LogP contribution in [0.5, 0.6) is 5.75 Å². The number of likely N-dealkylation sites (tertiary alicyclic amines) is 1. The van der Waals surface area contributed by atoms with Crippen LogP contribution in [-0.4, -0.2) is 35.8 Å². The van der Waals surface area contributed by atoms with Gasteiger partial charge in [-0.05, 0) is 66.6 Å². The van der Waals surface area contributed by atoms with Gasteiger partial charge in [0, 0.05) is 17.2 Å². The number of Topliss-reactive ketones (excluding diaryl/α,β-unsaturated/α-hetero) is 1. The largest absolute Gasteiger partial charge is 0.497 e. The van der Waals surface area contributed by atoms with Crippen LogP contribution in [0, 0.1) is 18.7 Å². The molecule has 4 aromatic rings. The Labute approximate surface area is 237 Å². The molecule has 3 amide bonds. The number of methoxy groups -OCH3 is 1. The summed E-state index contributed by atoms with van der Waals surface area (Å²) in [4.78, 5) is 43.1. The number of anilines is 1. The van der Waals surface area contributed by atoms with Crippen LogP contribution in [0.15, 0.2) is 103 Å². The molecule has 0 aromatic heterocycles. The van der Waals surface area contributed by atoms with Crippen molar-refractivity contribution in [3.63, 3.8) is 0 Å². The van der Waals surface area contributed by atoms with E-state index in [0.717, 1.165) is 5.56 Å². The lowest BCUT2D eigenvalue weighted by Crippen LogP contribution is -2.48. The number of amides is 3. The van der Waals surface area contributed by atoms with Crippen molar-refractivity contribution in [2.75, 3.05) is 12.4 Å². The maximum absolute atomic E-state index is 14.4. The van der Waals surface area contributed by atoms with Crippen LogP contribution in [0.1, 0.15) is 39.0 Å². The molecule has 1 heterocycles. The quantitative estimate of drug-likeness (QED) is 0.281. The number of carbonyl (C=O) groups is 3. The van der Waals surface area contributed by atoms with Crippen LogP contribution in [0.4, 0.5) is 14.9 Å². The van der Waals surface area contributed by atoms with Crippen molar-refractivity contribution in [1.82, 2.24) is 4.90 Å². The molecule has 4 unspecified atom stereocenters. The van der Waals surface area contributed by atoms with Crippen molar-refractivity contribution < 1.29 is 23.5 Å². The highest BCUT2D eigenvalue weighted by atomic mass is 19.1. The molecule has 1 aliphatic heterocycles. The lowest BCUT2D eigenvalue weighted by molar-refractivity contribution is -0.122. The number of carbonyl (C=O) groups excluding carboxylic acids is 3. The second-order valence-electron chi connectivity index (χ2n) is 10.1. The van der Waals surface area contributed by atoms with Crippen LogP contribution in [0.3, 0.4) is 0 Å². The number of hydrogen-bond donors (Lipinski definition) is 2. The van der Waals surface area contributed by atoms with E-state index in [1.54, 1.807) is 31.4 Å². The zero-order valence-corrected chi connectivity index (χ0v) is 22.7. The number of nitrogens with two attached hydrogens (primary N) is 1. The number of urea groups is 1. The van der Waals surface area contributed by atoms with Crippen LogP contribution in [0.2, 0.25) is 0 Å². The number of hydrogen-bond acceptors (Lipinski definition) is 4. The summed E-state index contributed by atoms with van der Waals surface area (Å²) < 4.78 is 18.8. The van der Waals surface area contributed by atoms with E-state index in [9.17, 15) is 18.8 Å². The Bertz CT molecular complexity index is 1540. The zero-order valence-electron chi connectivity index (χ0n) is 22.7. The van der Waals surface area contributed by atoms with Gasteiger partial charge in [0.2, 0.25) is 5.91 Å². The number of aryl methyl sites for hydroxylation is 1. The predicted molar refractivity (Wildman–Crippen MR) is 154 cm³/mol. The summed E-state index contributed by atoms with van der Waals surface area (Å²) in [6, 6.07) is 26.1. The summed E-state index contributed by atoms with van der Waals surface area (Å²) in [5, 5.41) is 2.78. The van der Waals surface area contributed by atoms with Crippen LogP contribution in [-0.2, 0) is 4.79 Å². The van der Waals surface area contributed by atoms with Crippen molar-refractivity contribution in [3.8, 4) is 5.75 Å². The number of benzene rings is 4. The molecule has 208 valence electrons. The molecular weight excluding hydrogens is 521 g/mol. The first-order valence-electron chi connectivity index (χ1n) is 13.2. The zero-order chi connectivity index (χ0) is 29.1. The number of rotatable bonds is 7. The van der Waals surface area contributed by atoms with Gasteiger partial charge in [0.1, 0.15) is 17.6 Å². The van der Waals surface area contributed by atoms with Gasteiger partial charge in [0.25, 0.3) is 0 Å². The van der Waals surface area contributed by atoms with Gasteiger partial charge < -0.3 is 20.7 Å². The van der Waals surface area contributed by atoms with Gasteiger partial charge in [-0.2, -0.15) is 0 Å². The van der Waals surface area contributed by atoms with E-state index in [0.29, 0.717) is 28.1 Å². The lowest BCUT2D eigenvalue weighted by Gasteiger charge is -2.31. The first kappa shape index (κ1) is 27.6. The number of nitrogens with zero attached hydrogens (tertiary/aromatic N) is 1. The molecule has 0 radical (unpaired) electrons. The summed E-state index contributed by atoms with van der Waals surface area (Å²) in [7, 11) is 1.54. The molecule has 1 fully saturated rings. The molecule has 4 aromatic carbocycles. The Morgan fingerprint density at radius 1 is 0.829 bits per heavy atom. The first-order valence-corrected chi connectivity index (χ1v) is 13.2. The Morgan fingerprint density at radius 2 is 1.46 bits per heavy atom. The molecule has 41 heavy (non-hydrogen) atoms. The standard InChI is InChI=1S/C33H30FN3O4/c1-20-8-10-22(11-9-20)29-28(31(38)23-12-18-26(41-2)19-13-23)27(21-6-4-3-5-7-21)30(32(35)39)37(29)33(40)36-25-16-14-24(34)15-17-25/h3-19,27-30H,1-2H3,(H2,35,39)(H,36,40). The average Bonchev–Trinajstić information content (AvgIpc) is 3.35. The van der Waals surface area contributed by atoms with E-state index in [-0.39, 0.29) is 5.78 Å². The molecule has 1 aliphatic rings. The summed E-state index contributed by atoms with van der Waals surface area (Å²) in [5.74, 6) is -2.44. The second kappa shape index (κ2) is 11.6. The minimum Gasteiger partial charge on any atom is -0.497 e. The van der Waals surface area contributed by atoms with Gasteiger partial charge >= 0.3 is 6.03 Å². The highest BCUT2D eigenvalue weighted by molar-refractivity contribution is 6.03. The van der Waals surface area contributed by atoms with E-state index < -0.39 is 41.7 Å². The second-order valence-corrected chi connectivity index (χ2v) is 10.1. The van der Waals surface area contributed by atoms with Gasteiger partial charge in [-0.3, -0.25) is 9.59 Å². The van der Waals surface area contributed by atoms with Gasteiger partial charge in [0.15, 0.2) is 5.78 Å². The topological polar surface area (TPSA) is 102 Å². The highest BCUT2D eigenvalue weighted by Gasteiger charge is 2.57. The molecule has 0 aliphatic carbocycles. The number of ketones is 1. The Morgan fingerprint density at radius 3 is 2.05 bits per heavy atom. The summed E-state index contributed by atoms with van der Waals surface area (Å²) >= 11 is 0. The summed E-state index contributed by atoms with van der Waals surface area (Å²) in [6.07, 6.45) is 0. The number of primary amides is 1. The Balaban J connectivity index is 1.69. The van der Waals surface area contributed by atoms with Gasteiger partial charge in [-0.1, -0.05) is 60.2 Å². The van der Waals surface area contributed by atoms with Crippen molar-refractivity contribution in [1.29, 1.82) is 0 Å². The van der Waals surface area contributed by atoms with E-state index in [4.69, 9.17) is 10.5 Å². The molecule has 4 atom stereocenters. The summed E-state index contributed by atoms with van der Waals surface area (Å²) in [5.41, 5.74) is 9.17.